The Hall–Kier alpha value is -4.22. The van der Waals surface area contributed by atoms with Crippen molar-refractivity contribution in [3.8, 4) is 23.1 Å². The van der Waals surface area contributed by atoms with Crippen LogP contribution < -0.4 is 15.0 Å². The smallest absolute Gasteiger partial charge is 0.282 e. The van der Waals surface area contributed by atoms with Crippen molar-refractivity contribution >= 4 is 62.3 Å². The van der Waals surface area contributed by atoms with Crippen molar-refractivity contribution in [2.24, 2.45) is 5.10 Å². The standard InChI is InChI=1S/C32H22ClFIN3O4/c1-2-40-28-14-20(13-25(35)30(28)41-18-19-7-10-23(34)11-8-19)17-36-38-31(37-26-6-4-3-5-24(26)32(38)39)29-16-21-15-22(33)9-12-27(21)42-29/h3-17H,2,18H2,1H3. The zero-order valence-electron chi connectivity index (χ0n) is 22.2. The molecular formula is C32H22ClFIN3O4. The molecule has 0 aliphatic carbocycles. The topological polar surface area (TPSA) is 78.9 Å². The molecule has 2 heterocycles. The highest BCUT2D eigenvalue weighted by Crippen LogP contribution is 2.35. The minimum absolute atomic E-state index is 0.244. The third-order valence-electron chi connectivity index (χ3n) is 6.40. The van der Waals surface area contributed by atoms with Gasteiger partial charge in [-0.2, -0.15) is 9.78 Å². The van der Waals surface area contributed by atoms with E-state index in [9.17, 15) is 9.18 Å². The maximum Gasteiger partial charge on any atom is 0.282 e. The zero-order valence-corrected chi connectivity index (χ0v) is 25.1. The number of furan rings is 1. The molecule has 6 rings (SSSR count). The predicted molar refractivity (Wildman–Crippen MR) is 170 cm³/mol. The van der Waals surface area contributed by atoms with Gasteiger partial charge in [-0.05, 0) is 101 Å². The average molecular weight is 694 g/mol. The number of hydrogen-bond acceptors (Lipinski definition) is 6. The van der Waals surface area contributed by atoms with Crippen molar-refractivity contribution < 1.29 is 18.3 Å². The highest BCUT2D eigenvalue weighted by atomic mass is 127. The summed E-state index contributed by atoms with van der Waals surface area (Å²) in [6.07, 6.45) is 1.56. The molecule has 0 unspecified atom stereocenters. The molecule has 7 nitrogen and oxygen atoms in total. The molecule has 0 radical (unpaired) electrons. The lowest BCUT2D eigenvalue weighted by Crippen LogP contribution is -2.20. The Morgan fingerprint density at radius 1 is 1.05 bits per heavy atom. The van der Waals surface area contributed by atoms with Gasteiger partial charge in [-0.3, -0.25) is 4.79 Å². The van der Waals surface area contributed by atoms with Crippen molar-refractivity contribution in [2.75, 3.05) is 6.61 Å². The molecule has 0 saturated carbocycles. The summed E-state index contributed by atoms with van der Waals surface area (Å²) in [6, 6.07) is 24.0. The maximum absolute atomic E-state index is 13.6. The molecular weight excluding hydrogens is 672 g/mol. The Morgan fingerprint density at radius 3 is 2.67 bits per heavy atom. The van der Waals surface area contributed by atoms with Gasteiger partial charge in [0.05, 0.1) is 27.3 Å². The molecule has 10 heteroatoms. The van der Waals surface area contributed by atoms with E-state index in [-0.39, 0.29) is 23.8 Å². The number of aromatic nitrogens is 2. The Labute approximate surface area is 258 Å². The summed E-state index contributed by atoms with van der Waals surface area (Å²) in [5.74, 6) is 1.40. The molecule has 0 atom stereocenters. The van der Waals surface area contributed by atoms with E-state index in [1.807, 2.05) is 19.1 Å². The van der Waals surface area contributed by atoms with Crippen molar-refractivity contribution in [1.82, 2.24) is 9.66 Å². The summed E-state index contributed by atoms with van der Waals surface area (Å²) in [6.45, 7) is 2.54. The Morgan fingerprint density at radius 2 is 1.86 bits per heavy atom. The quantitative estimate of drug-likeness (QED) is 0.119. The lowest BCUT2D eigenvalue weighted by atomic mass is 10.2. The van der Waals surface area contributed by atoms with E-state index >= 15 is 0 Å². The monoisotopic (exact) mass is 693 g/mol. The predicted octanol–water partition coefficient (Wildman–Crippen LogP) is 8.07. The second-order valence-corrected chi connectivity index (χ2v) is 10.9. The van der Waals surface area contributed by atoms with Crippen LogP contribution in [0.5, 0.6) is 11.5 Å². The fourth-order valence-electron chi connectivity index (χ4n) is 4.44. The first-order valence-electron chi connectivity index (χ1n) is 13.0. The number of rotatable bonds is 8. The third-order valence-corrected chi connectivity index (χ3v) is 7.44. The SMILES string of the molecule is CCOc1cc(C=Nn2c(-c3cc4cc(Cl)ccc4o3)nc3ccccc3c2=O)cc(I)c1OCc1ccc(F)cc1. The van der Waals surface area contributed by atoms with Gasteiger partial charge in [-0.1, -0.05) is 35.9 Å². The van der Waals surface area contributed by atoms with Crippen LogP contribution in [-0.4, -0.2) is 22.5 Å². The molecule has 0 spiro atoms. The van der Waals surface area contributed by atoms with Crippen molar-refractivity contribution in [3.05, 3.63) is 121 Å². The molecule has 2 aromatic heterocycles. The molecule has 0 bridgehead atoms. The molecule has 0 aliphatic heterocycles. The van der Waals surface area contributed by atoms with Crippen LogP contribution in [-0.2, 0) is 6.61 Å². The second kappa shape index (κ2) is 11.9. The van der Waals surface area contributed by atoms with E-state index < -0.39 is 0 Å². The van der Waals surface area contributed by atoms with Crippen LogP contribution in [0.15, 0.2) is 99.2 Å². The van der Waals surface area contributed by atoms with Gasteiger partial charge in [-0.15, -0.1) is 0 Å². The summed E-state index contributed by atoms with van der Waals surface area (Å²) in [4.78, 5) is 18.3. The van der Waals surface area contributed by atoms with Gasteiger partial charge in [0.1, 0.15) is 18.0 Å². The van der Waals surface area contributed by atoms with E-state index in [4.69, 9.17) is 30.5 Å². The largest absolute Gasteiger partial charge is 0.490 e. The Bertz CT molecular complexity index is 2020. The van der Waals surface area contributed by atoms with Gasteiger partial charge in [-0.25, -0.2) is 9.37 Å². The van der Waals surface area contributed by atoms with Crippen molar-refractivity contribution in [2.45, 2.75) is 13.5 Å². The maximum atomic E-state index is 13.6. The minimum atomic E-state index is -0.343. The summed E-state index contributed by atoms with van der Waals surface area (Å²) in [5, 5.41) is 6.33. The summed E-state index contributed by atoms with van der Waals surface area (Å²) in [7, 11) is 0. The highest BCUT2D eigenvalue weighted by molar-refractivity contribution is 14.1. The summed E-state index contributed by atoms with van der Waals surface area (Å²) >= 11 is 8.34. The normalized spacial score (nSPS) is 11.5. The first kappa shape index (κ1) is 27.9. The lowest BCUT2D eigenvalue weighted by molar-refractivity contribution is 0.267. The first-order valence-corrected chi connectivity index (χ1v) is 14.4. The molecule has 210 valence electrons. The number of nitrogens with zero attached hydrogens (tertiary/aromatic N) is 3. The van der Waals surface area contributed by atoms with Crippen molar-refractivity contribution in [3.63, 3.8) is 0 Å². The molecule has 4 aromatic carbocycles. The first-order chi connectivity index (χ1) is 20.4. The van der Waals surface area contributed by atoms with Gasteiger partial charge in [0.2, 0.25) is 5.82 Å². The van der Waals surface area contributed by atoms with E-state index in [0.717, 1.165) is 14.5 Å². The summed E-state index contributed by atoms with van der Waals surface area (Å²) in [5.41, 5.74) is 2.30. The lowest BCUT2D eigenvalue weighted by Gasteiger charge is -2.15. The molecule has 0 N–H and O–H groups in total. The van der Waals surface area contributed by atoms with E-state index in [1.165, 1.54) is 16.8 Å². The van der Waals surface area contributed by atoms with Crippen LogP contribution in [0.4, 0.5) is 4.39 Å². The molecule has 0 aliphatic rings. The molecule has 6 aromatic rings. The van der Waals surface area contributed by atoms with Crippen LogP contribution in [0, 0.1) is 9.39 Å². The van der Waals surface area contributed by atoms with Gasteiger partial charge < -0.3 is 13.9 Å². The molecule has 0 saturated heterocycles. The molecule has 0 fully saturated rings. The summed E-state index contributed by atoms with van der Waals surface area (Å²) < 4.78 is 33.3. The van der Waals surface area contributed by atoms with E-state index in [0.29, 0.717) is 50.9 Å². The highest BCUT2D eigenvalue weighted by Gasteiger charge is 2.17. The Balaban J connectivity index is 1.40. The number of ether oxygens (including phenoxy) is 2. The molecule has 0 amide bonds. The minimum Gasteiger partial charge on any atom is -0.490 e. The number of fused-ring (bicyclic) bond motifs is 2. The van der Waals surface area contributed by atoms with Gasteiger partial charge >= 0.3 is 0 Å². The number of halogens is 3. The van der Waals surface area contributed by atoms with E-state index in [2.05, 4.69) is 27.7 Å². The van der Waals surface area contributed by atoms with Gasteiger partial charge in [0.25, 0.3) is 5.56 Å². The van der Waals surface area contributed by atoms with E-state index in [1.54, 1.807) is 66.9 Å². The molecule has 42 heavy (non-hydrogen) atoms. The van der Waals surface area contributed by atoms with Gasteiger partial charge in [0.15, 0.2) is 17.3 Å². The van der Waals surface area contributed by atoms with Crippen LogP contribution >= 0.6 is 34.2 Å². The fourth-order valence-corrected chi connectivity index (χ4v) is 5.40. The van der Waals surface area contributed by atoms with Crippen molar-refractivity contribution in [1.29, 1.82) is 0 Å². The number of benzene rings is 4. The van der Waals surface area contributed by atoms with Crippen LogP contribution in [0.3, 0.4) is 0 Å². The number of para-hydroxylation sites is 1. The fraction of sp³-hybridized carbons (Fsp3) is 0.0938. The average Bonchev–Trinajstić information content (AvgIpc) is 3.40. The van der Waals surface area contributed by atoms with Crippen LogP contribution in [0.2, 0.25) is 5.02 Å². The van der Waals surface area contributed by atoms with Crippen LogP contribution in [0.1, 0.15) is 18.1 Å². The second-order valence-electron chi connectivity index (χ2n) is 9.29. The third kappa shape index (κ3) is 5.75. The van der Waals surface area contributed by atoms with Gasteiger partial charge in [0, 0.05) is 10.4 Å². The van der Waals surface area contributed by atoms with Crippen LogP contribution in [0.25, 0.3) is 33.5 Å². The Kier molecular flexibility index (Phi) is 7.94. The zero-order chi connectivity index (χ0) is 29.2. The number of hydrogen-bond donors (Lipinski definition) is 0.